The van der Waals surface area contributed by atoms with Crippen LogP contribution in [0, 0.1) is 0 Å². The minimum atomic E-state index is -2.96. The van der Waals surface area contributed by atoms with Crippen molar-refractivity contribution < 1.29 is 18.6 Å². The fourth-order valence-corrected chi connectivity index (χ4v) is 1.32. The molecule has 78 valence electrons. The quantitative estimate of drug-likeness (QED) is 0.883. The van der Waals surface area contributed by atoms with Crippen LogP contribution in [0.1, 0.15) is 5.56 Å². The first-order valence-electron chi connectivity index (χ1n) is 3.58. The van der Waals surface area contributed by atoms with Crippen LogP contribution in [0.4, 0.5) is 8.78 Å². The van der Waals surface area contributed by atoms with Crippen molar-refractivity contribution in [2.75, 3.05) is 0 Å². The number of alkyl halides is 2. The average molecular weight is 243 g/mol. The van der Waals surface area contributed by atoms with Crippen molar-refractivity contribution in [1.29, 1.82) is 0 Å². The Balaban J connectivity index is 3.02. The van der Waals surface area contributed by atoms with E-state index in [0.717, 1.165) is 6.07 Å². The molecule has 0 fully saturated rings. The zero-order valence-electron chi connectivity index (χ0n) is 6.81. The van der Waals surface area contributed by atoms with Crippen molar-refractivity contribution in [1.82, 2.24) is 0 Å². The van der Waals surface area contributed by atoms with E-state index in [1.54, 1.807) is 0 Å². The van der Waals surface area contributed by atoms with Crippen LogP contribution in [0.15, 0.2) is 12.1 Å². The molecule has 2 nitrogen and oxygen atoms in total. The fourth-order valence-electron chi connectivity index (χ4n) is 0.877. The van der Waals surface area contributed by atoms with Gasteiger partial charge in [0, 0.05) is 11.1 Å². The minimum absolute atomic E-state index is 0.0150. The molecular formula is C8H6Cl2F2O2. The molecular weight excluding hydrogens is 237 g/mol. The number of aliphatic hydroxyl groups is 1. The van der Waals surface area contributed by atoms with Crippen LogP contribution >= 0.6 is 23.2 Å². The van der Waals surface area contributed by atoms with E-state index in [4.69, 9.17) is 28.3 Å². The molecule has 0 heterocycles. The van der Waals surface area contributed by atoms with Gasteiger partial charge in [0.25, 0.3) is 0 Å². The standard InChI is InChI=1S/C8H6Cl2F2O2/c9-5-2-7(14-8(11)12)6(10)1-4(5)3-13/h1-2,8,13H,3H2. The Morgan fingerprint density at radius 2 is 1.93 bits per heavy atom. The molecule has 0 atom stereocenters. The van der Waals surface area contributed by atoms with Gasteiger partial charge < -0.3 is 9.84 Å². The van der Waals surface area contributed by atoms with Crippen molar-refractivity contribution in [3.63, 3.8) is 0 Å². The Labute approximate surface area is 89.0 Å². The third kappa shape index (κ3) is 2.70. The van der Waals surface area contributed by atoms with E-state index >= 15 is 0 Å². The van der Waals surface area contributed by atoms with Crippen LogP contribution in [0.3, 0.4) is 0 Å². The van der Waals surface area contributed by atoms with Gasteiger partial charge in [-0.25, -0.2) is 0 Å². The highest BCUT2D eigenvalue weighted by atomic mass is 35.5. The molecule has 0 aliphatic carbocycles. The van der Waals surface area contributed by atoms with Crippen molar-refractivity contribution >= 4 is 23.2 Å². The monoisotopic (exact) mass is 242 g/mol. The molecule has 0 saturated carbocycles. The van der Waals surface area contributed by atoms with Crippen molar-refractivity contribution in [3.05, 3.63) is 27.7 Å². The van der Waals surface area contributed by atoms with Crippen LogP contribution in [-0.4, -0.2) is 11.7 Å². The summed E-state index contributed by atoms with van der Waals surface area (Å²) in [5.74, 6) is -0.205. The van der Waals surface area contributed by atoms with E-state index in [-0.39, 0.29) is 22.4 Å². The maximum absolute atomic E-state index is 11.8. The average Bonchev–Trinajstić information content (AvgIpc) is 2.10. The van der Waals surface area contributed by atoms with Gasteiger partial charge in [-0.2, -0.15) is 8.78 Å². The summed E-state index contributed by atoms with van der Waals surface area (Å²) >= 11 is 11.2. The first kappa shape index (κ1) is 11.5. The number of aliphatic hydroxyl groups excluding tert-OH is 1. The molecule has 1 N–H and O–H groups in total. The highest BCUT2D eigenvalue weighted by molar-refractivity contribution is 6.34. The third-order valence-electron chi connectivity index (χ3n) is 1.49. The van der Waals surface area contributed by atoms with Crippen LogP contribution in [-0.2, 0) is 6.61 Å². The lowest BCUT2D eigenvalue weighted by Gasteiger charge is -2.08. The summed E-state index contributed by atoms with van der Waals surface area (Å²) in [6.07, 6.45) is 0. The lowest BCUT2D eigenvalue weighted by Crippen LogP contribution is -2.02. The summed E-state index contributed by atoms with van der Waals surface area (Å²) in [5.41, 5.74) is 0.360. The molecule has 0 bridgehead atoms. The summed E-state index contributed by atoms with van der Waals surface area (Å²) < 4.78 is 27.8. The molecule has 6 heteroatoms. The number of hydrogen-bond donors (Lipinski definition) is 1. The summed E-state index contributed by atoms with van der Waals surface area (Å²) in [4.78, 5) is 0. The zero-order chi connectivity index (χ0) is 10.7. The number of benzene rings is 1. The molecule has 0 radical (unpaired) electrons. The maximum atomic E-state index is 11.8. The highest BCUT2D eigenvalue weighted by Gasteiger charge is 2.11. The Morgan fingerprint density at radius 3 is 2.43 bits per heavy atom. The lowest BCUT2D eigenvalue weighted by molar-refractivity contribution is -0.0497. The number of hydrogen-bond acceptors (Lipinski definition) is 2. The first-order valence-corrected chi connectivity index (χ1v) is 4.33. The van der Waals surface area contributed by atoms with Crippen molar-refractivity contribution in [2.24, 2.45) is 0 Å². The largest absolute Gasteiger partial charge is 0.433 e. The Kier molecular flexibility index (Phi) is 3.92. The topological polar surface area (TPSA) is 29.5 Å². The summed E-state index contributed by atoms with van der Waals surface area (Å²) in [7, 11) is 0. The summed E-state index contributed by atoms with van der Waals surface area (Å²) in [6, 6.07) is 2.42. The molecule has 14 heavy (non-hydrogen) atoms. The van der Waals surface area contributed by atoms with E-state index in [9.17, 15) is 8.78 Å². The summed E-state index contributed by atoms with van der Waals surface area (Å²) in [6.45, 7) is -3.27. The van der Waals surface area contributed by atoms with E-state index in [1.807, 2.05) is 0 Å². The molecule has 1 aromatic carbocycles. The SMILES string of the molecule is OCc1cc(Cl)c(OC(F)F)cc1Cl. The second-order valence-electron chi connectivity index (χ2n) is 2.41. The van der Waals surface area contributed by atoms with Gasteiger partial charge in [-0.3, -0.25) is 0 Å². The van der Waals surface area contributed by atoms with Crippen molar-refractivity contribution in [3.8, 4) is 5.75 Å². The van der Waals surface area contributed by atoms with Gasteiger partial charge in [0.2, 0.25) is 0 Å². The second kappa shape index (κ2) is 4.77. The molecule has 0 amide bonds. The molecule has 0 spiro atoms. The molecule has 0 unspecified atom stereocenters. The molecule has 1 rings (SSSR count). The predicted octanol–water partition coefficient (Wildman–Crippen LogP) is 3.09. The van der Waals surface area contributed by atoms with E-state index in [2.05, 4.69) is 4.74 Å². The van der Waals surface area contributed by atoms with E-state index in [0.29, 0.717) is 5.56 Å². The molecule has 1 aromatic rings. The fraction of sp³-hybridized carbons (Fsp3) is 0.250. The number of rotatable bonds is 3. The van der Waals surface area contributed by atoms with Crippen LogP contribution in [0.5, 0.6) is 5.75 Å². The first-order chi connectivity index (χ1) is 6.54. The van der Waals surface area contributed by atoms with Crippen LogP contribution in [0.2, 0.25) is 10.0 Å². The zero-order valence-corrected chi connectivity index (χ0v) is 8.32. The molecule has 0 aliphatic heterocycles. The van der Waals surface area contributed by atoms with Gasteiger partial charge in [0.1, 0.15) is 5.75 Å². The van der Waals surface area contributed by atoms with Crippen LogP contribution < -0.4 is 4.74 Å². The maximum Gasteiger partial charge on any atom is 0.387 e. The number of halogens is 4. The Morgan fingerprint density at radius 1 is 1.29 bits per heavy atom. The van der Waals surface area contributed by atoms with Gasteiger partial charge in [-0.05, 0) is 11.6 Å². The molecule has 0 aromatic heterocycles. The van der Waals surface area contributed by atoms with Crippen molar-refractivity contribution in [2.45, 2.75) is 13.2 Å². The summed E-state index contributed by atoms with van der Waals surface area (Å²) in [5, 5.41) is 8.90. The molecule has 0 saturated heterocycles. The van der Waals surface area contributed by atoms with Gasteiger partial charge in [-0.1, -0.05) is 23.2 Å². The Hall–Kier alpha value is -0.580. The minimum Gasteiger partial charge on any atom is -0.433 e. The van der Waals surface area contributed by atoms with Gasteiger partial charge in [0.05, 0.1) is 11.6 Å². The van der Waals surface area contributed by atoms with E-state index in [1.165, 1.54) is 6.07 Å². The molecule has 0 aliphatic rings. The van der Waals surface area contributed by atoms with Gasteiger partial charge >= 0.3 is 6.61 Å². The third-order valence-corrected chi connectivity index (χ3v) is 2.13. The Bertz CT molecular complexity index is 331. The van der Waals surface area contributed by atoms with Gasteiger partial charge in [0.15, 0.2) is 0 Å². The highest BCUT2D eigenvalue weighted by Crippen LogP contribution is 2.32. The normalized spacial score (nSPS) is 10.7. The van der Waals surface area contributed by atoms with Crippen LogP contribution in [0.25, 0.3) is 0 Å². The van der Waals surface area contributed by atoms with E-state index < -0.39 is 6.61 Å². The van der Waals surface area contributed by atoms with Gasteiger partial charge in [-0.15, -0.1) is 0 Å². The predicted molar refractivity (Wildman–Crippen MR) is 49.0 cm³/mol. The second-order valence-corrected chi connectivity index (χ2v) is 3.23. The lowest BCUT2D eigenvalue weighted by atomic mass is 10.2. The smallest absolute Gasteiger partial charge is 0.387 e. The number of ether oxygens (including phenoxy) is 1.